The summed E-state index contributed by atoms with van der Waals surface area (Å²) >= 11 is 0. The van der Waals surface area contributed by atoms with Gasteiger partial charge in [0.2, 0.25) is 5.91 Å². The molecule has 4 rings (SSSR count). The molecule has 0 bridgehead atoms. The fourth-order valence-electron chi connectivity index (χ4n) is 4.43. The molecule has 0 saturated carbocycles. The molecule has 0 aliphatic heterocycles. The monoisotopic (exact) mass is 514 g/mol. The van der Waals surface area contributed by atoms with Crippen molar-refractivity contribution < 1.29 is 29.0 Å². The van der Waals surface area contributed by atoms with Crippen molar-refractivity contribution >= 4 is 39.5 Å². The molecule has 0 heterocycles. The second-order valence-electron chi connectivity index (χ2n) is 9.01. The highest BCUT2D eigenvalue weighted by molar-refractivity contribution is 6.03. The van der Waals surface area contributed by atoms with Gasteiger partial charge in [0.15, 0.2) is 0 Å². The number of carbonyl (C=O) groups is 3. The Kier molecular flexibility index (Phi) is 8.55. The number of rotatable bonds is 9. The maximum Gasteiger partial charge on any atom is 0.408 e. The number of methoxy groups -OCH3 is 1. The standard InChI is InChI=1S/C30H30N2O6/c1-19(33)27(32-30(36)38-18-20-10-4-3-5-11-20)28(34)31-26(29(35)37-2)17-25-23-14-8-6-12-21(23)16-22-13-7-9-15-24(22)25/h3-16,19,26-27,33H,17-18H2,1-2H3,(H,31,34)(H,32,36)/t19-,26+,27+/m1/s1. The third-order valence-corrected chi connectivity index (χ3v) is 6.34. The number of amides is 2. The lowest BCUT2D eigenvalue weighted by molar-refractivity contribution is -0.145. The van der Waals surface area contributed by atoms with Crippen LogP contribution in [0.2, 0.25) is 0 Å². The number of hydrogen-bond acceptors (Lipinski definition) is 6. The van der Waals surface area contributed by atoms with Crippen LogP contribution in [0.1, 0.15) is 18.1 Å². The number of alkyl carbamates (subject to hydrolysis) is 1. The van der Waals surface area contributed by atoms with Crippen LogP contribution in [0.15, 0.2) is 84.9 Å². The van der Waals surface area contributed by atoms with Gasteiger partial charge < -0.3 is 25.2 Å². The fourth-order valence-corrected chi connectivity index (χ4v) is 4.43. The first-order chi connectivity index (χ1) is 18.4. The van der Waals surface area contributed by atoms with Crippen LogP contribution >= 0.6 is 0 Å². The highest BCUT2D eigenvalue weighted by Crippen LogP contribution is 2.29. The molecule has 0 spiro atoms. The zero-order valence-corrected chi connectivity index (χ0v) is 21.2. The Balaban J connectivity index is 1.55. The van der Waals surface area contributed by atoms with Crippen molar-refractivity contribution in [3.63, 3.8) is 0 Å². The number of esters is 1. The number of hydrogen-bond donors (Lipinski definition) is 3. The second-order valence-corrected chi connectivity index (χ2v) is 9.01. The second kappa shape index (κ2) is 12.2. The van der Waals surface area contributed by atoms with Gasteiger partial charge in [-0.05, 0) is 45.7 Å². The normalized spacial score (nSPS) is 13.3. The van der Waals surface area contributed by atoms with Crippen LogP contribution in [-0.2, 0) is 32.1 Å². The fraction of sp³-hybridized carbons (Fsp3) is 0.233. The molecule has 8 heteroatoms. The van der Waals surface area contributed by atoms with E-state index in [1.54, 1.807) is 12.1 Å². The van der Waals surface area contributed by atoms with Crippen LogP contribution < -0.4 is 10.6 Å². The predicted molar refractivity (Wildman–Crippen MR) is 144 cm³/mol. The number of nitrogens with one attached hydrogen (secondary N) is 2. The van der Waals surface area contributed by atoms with E-state index in [0.717, 1.165) is 32.7 Å². The first-order valence-corrected chi connectivity index (χ1v) is 12.3. The number of aliphatic hydroxyl groups excluding tert-OH is 1. The van der Waals surface area contributed by atoms with Gasteiger partial charge in [-0.1, -0.05) is 78.9 Å². The van der Waals surface area contributed by atoms with Gasteiger partial charge in [0.1, 0.15) is 18.7 Å². The summed E-state index contributed by atoms with van der Waals surface area (Å²) in [5, 5.41) is 19.2. The Morgan fingerprint density at radius 1 is 0.842 bits per heavy atom. The quantitative estimate of drug-likeness (QED) is 0.231. The molecule has 2 amide bonds. The van der Waals surface area contributed by atoms with Crippen molar-refractivity contribution in [1.29, 1.82) is 0 Å². The van der Waals surface area contributed by atoms with E-state index < -0.39 is 36.2 Å². The van der Waals surface area contributed by atoms with Crippen LogP contribution in [0, 0.1) is 0 Å². The minimum atomic E-state index is -1.35. The molecule has 4 aromatic carbocycles. The summed E-state index contributed by atoms with van der Waals surface area (Å²) in [5.74, 6) is -1.39. The van der Waals surface area contributed by atoms with E-state index in [9.17, 15) is 19.5 Å². The lowest BCUT2D eigenvalue weighted by Gasteiger charge is -2.24. The molecule has 38 heavy (non-hydrogen) atoms. The molecule has 0 fully saturated rings. The molecule has 4 aromatic rings. The van der Waals surface area contributed by atoms with Gasteiger partial charge in [-0.2, -0.15) is 0 Å². The van der Waals surface area contributed by atoms with Gasteiger partial charge in [-0.25, -0.2) is 9.59 Å². The lowest BCUT2D eigenvalue weighted by atomic mass is 9.92. The van der Waals surface area contributed by atoms with Crippen LogP contribution in [0.4, 0.5) is 4.79 Å². The summed E-state index contributed by atoms with van der Waals surface area (Å²) in [5.41, 5.74) is 1.65. The van der Waals surface area contributed by atoms with E-state index >= 15 is 0 Å². The summed E-state index contributed by atoms with van der Waals surface area (Å²) in [7, 11) is 1.24. The van der Waals surface area contributed by atoms with Crippen molar-refractivity contribution in [3.8, 4) is 0 Å². The molecule has 0 aromatic heterocycles. The van der Waals surface area contributed by atoms with Crippen LogP contribution in [0.25, 0.3) is 21.5 Å². The molecular formula is C30H30N2O6. The summed E-state index contributed by atoms with van der Waals surface area (Å²) in [6, 6.07) is 24.4. The first kappa shape index (κ1) is 26.6. The van der Waals surface area contributed by atoms with Crippen LogP contribution in [-0.4, -0.2) is 48.4 Å². The van der Waals surface area contributed by atoms with Crippen molar-refractivity contribution in [2.45, 2.75) is 38.1 Å². The molecule has 196 valence electrons. The number of benzene rings is 4. The Bertz CT molecular complexity index is 1380. The number of aliphatic hydroxyl groups is 1. The number of fused-ring (bicyclic) bond motifs is 2. The topological polar surface area (TPSA) is 114 Å². The van der Waals surface area contributed by atoms with E-state index in [2.05, 4.69) is 16.7 Å². The van der Waals surface area contributed by atoms with Crippen molar-refractivity contribution in [3.05, 3.63) is 96.1 Å². The zero-order chi connectivity index (χ0) is 27.1. The lowest BCUT2D eigenvalue weighted by Crippen LogP contribution is -2.56. The van der Waals surface area contributed by atoms with Gasteiger partial charge in [-0.3, -0.25) is 4.79 Å². The minimum absolute atomic E-state index is 0.000235. The molecule has 0 unspecified atom stereocenters. The summed E-state index contributed by atoms with van der Waals surface area (Å²) in [6.45, 7) is 1.37. The van der Waals surface area contributed by atoms with E-state index in [0.29, 0.717) is 0 Å². The Morgan fingerprint density at radius 2 is 1.42 bits per heavy atom. The number of ether oxygens (including phenoxy) is 2. The maximum absolute atomic E-state index is 13.2. The SMILES string of the molecule is COC(=O)[C@H](Cc1c2ccccc2cc2ccccc12)NC(=O)[C@@H](NC(=O)OCc1ccccc1)[C@@H](C)O. The molecular weight excluding hydrogens is 484 g/mol. The Morgan fingerprint density at radius 3 is 2.00 bits per heavy atom. The Labute approximate surface area is 220 Å². The predicted octanol–water partition coefficient (Wildman–Crippen LogP) is 3.87. The van der Waals surface area contributed by atoms with Gasteiger partial charge in [0.05, 0.1) is 13.2 Å². The largest absolute Gasteiger partial charge is 0.467 e. The van der Waals surface area contributed by atoms with Gasteiger partial charge in [-0.15, -0.1) is 0 Å². The summed E-state index contributed by atoms with van der Waals surface area (Å²) in [4.78, 5) is 38.4. The summed E-state index contributed by atoms with van der Waals surface area (Å²) in [6.07, 6.45) is -1.98. The van der Waals surface area contributed by atoms with Gasteiger partial charge in [0, 0.05) is 6.42 Å². The van der Waals surface area contributed by atoms with Gasteiger partial charge >= 0.3 is 12.1 Å². The smallest absolute Gasteiger partial charge is 0.408 e. The van der Waals surface area contributed by atoms with E-state index in [-0.39, 0.29) is 13.0 Å². The van der Waals surface area contributed by atoms with Crippen molar-refractivity contribution in [2.75, 3.05) is 7.11 Å². The van der Waals surface area contributed by atoms with Crippen molar-refractivity contribution in [2.24, 2.45) is 0 Å². The third kappa shape index (κ3) is 6.27. The molecule has 0 radical (unpaired) electrons. The Hall–Kier alpha value is -4.43. The van der Waals surface area contributed by atoms with Crippen LogP contribution in [0.5, 0.6) is 0 Å². The molecule has 0 aliphatic rings. The average molecular weight is 515 g/mol. The average Bonchev–Trinajstić information content (AvgIpc) is 2.94. The number of carbonyl (C=O) groups excluding carboxylic acids is 3. The third-order valence-electron chi connectivity index (χ3n) is 6.34. The van der Waals surface area contributed by atoms with Crippen LogP contribution in [0.3, 0.4) is 0 Å². The van der Waals surface area contributed by atoms with E-state index in [1.165, 1.54) is 14.0 Å². The molecule has 3 N–H and O–H groups in total. The van der Waals surface area contributed by atoms with E-state index in [1.807, 2.05) is 66.7 Å². The minimum Gasteiger partial charge on any atom is -0.467 e. The highest BCUT2D eigenvalue weighted by Gasteiger charge is 2.31. The van der Waals surface area contributed by atoms with E-state index in [4.69, 9.17) is 9.47 Å². The highest BCUT2D eigenvalue weighted by atomic mass is 16.5. The molecule has 0 saturated heterocycles. The van der Waals surface area contributed by atoms with Gasteiger partial charge in [0.25, 0.3) is 0 Å². The zero-order valence-electron chi connectivity index (χ0n) is 21.2. The molecule has 3 atom stereocenters. The first-order valence-electron chi connectivity index (χ1n) is 12.3. The molecule has 8 nitrogen and oxygen atoms in total. The van der Waals surface area contributed by atoms with Crippen molar-refractivity contribution in [1.82, 2.24) is 10.6 Å². The molecule has 0 aliphatic carbocycles. The summed E-state index contributed by atoms with van der Waals surface area (Å²) < 4.78 is 10.2. The maximum atomic E-state index is 13.2.